The molecule has 1 aliphatic carbocycles. The van der Waals surface area contributed by atoms with Crippen molar-refractivity contribution in [3.8, 4) is 0 Å². The van der Waals surface area contributed by atoms with Crippen LogP contribution in [0.2, 0.25) is 0 Å². The summed E-state index contributed by atoms with van der Waals surface area (Å²) in [5.41, 5.74) is 0. The van der Waals surface area contributed by atoms with Gasteiger partial charge in [-0.1, -0.05) is 10.8 Å². The van der Waals surface area contributed by atoms with Gasteiger partial charge in [-0.05, 0) is 25.7 Å². The van der Waals surface area contributed by atoms with Gasteiger partial charge in [-0.2, -0.15) is 0 Å². The van der Waals surface area contributed by atoms with Crippen molar-refractivity contribution in [2.24, 2.45) is 0 Å². The zero-order chi connectivity index (χ0) is 11.3. The summed E-state index contributed by atoms with van der Waals surface area (Å²) in [4.78, 5) is 0. The molecule has 0 radical (unpaired) electrons. The highest BCUT2D eigenvalue weighted by molar-refractivity contribution is 8.68. The first-order valence-electron chi connectivity index (χ1n) is 4.98. The van der Waals surface area contributed by atoms with Crippen molar-refractivity contribution >= 4 is 32.5 Å². The molecule has 1 fully saturated rings. The molecule has 1 saturated carbocycles. The van der Waals surface area contributed by atoms with Crippen LogP contribution in [0.5, 0.6) is 0 Å². The van der Waals surface area contributed by atoms with Gasteiger partial charge in [0, 0.05) is 12.1 Å². The van der Waals surface area contributed by atoms with Gasteiger partial charge in [0.2, 0.25) is 10.0 Å². The van der Waals surface area contributed by atoms with Crippen molar-refractivity contribution in [3.05, 3.63) is 0 Å². The molecule has 15 heavy (non-hydrogen) atoms. The first kappa shape index (κ1) is 13.6. The molecule has 0 unspecified atom stereocenters. The number of thiol groups is 1. The molecule has 0 saturated heterocycles. The first-order chi connectivity index (χ1) is 7.01. The largest absolute Gasteiger partial charge is 0.304 e. The van der Waals surface area contributed by atoms with Crippen LogP contribution in [0.15, 0.2) is 0 Å². The number of sulfonamides is 1. The highest BCUT2D eigenvalue weighted by Crippen LogP contribution is 2.19. The molecule has 90 valence electrons. The van der Waals surface area contributed by atoms with Crippen LogP contribution in [0.3, 0.4) is 0 Å². The number of rotatable bonds is 5. The zero-order valence-electron chi connectivity index (χ0n) is 8.77. The lowest BCUT2D eigenvalue weighted by atomic mass is 9.92. The average molecular weight is 270 g/mol. The summed E-state index contributed by atoms with van der Waals surface area (Å²) in [6, 6.07) is 0.643. The number of nitrogens with one attached hydrogen (secondary N) is 2. The van der Waals surface area contributed by atoms with Crippen LogP contribution < -0.4 is 10.0 Å². The molecule has 0 bridgehead atoms. The summed E-state index contributed by atoms with van der Waals surface area (Å²) in [6.45, 7) is 0. The molecule has 0 aromatic carbocycles. The summed E-state index contributed by atoms with van der Waals surface area (Å²) < 4.78 is 24.7. The van der Waals surface area contributed by atoms with E-state index in [0.29, 0.717) is 6.04 Å². The van der Waals surface area contributed by atoms with E-state index >= 15 is 0 Å². The molecule has 0 atom stereocenters. The third-order valence-electron chi connectivity index (χ3n) is 2.54. The number of hydrogen-bond acceptors (Lipinski definition) is 5. The predicted molar refractivity (Wildman–Crippen MR) is 68.6 cm³/mol. The van der Waals surface area contributed by atoms with Gasteiger partial charge in [-0.15, -0.1) is 11.7 Å². The van der Waals surface area contributed by atoms with E-state index in [2.05, 4.69) is 21.7 Å². The molecule has 2 N–H and O–H groups in total. The Hall–Kier alpha value is 0.570. The molecule has 4 nitrogen and oxygen atoms in total. The third kappa shape index (κ3) is 6.01. The maximum Gasteiger partial charge on any atom is 0.208 e. The molecular weight excluding hydrogens is 252 g/mol. The van der Waals surface area contributed by atoms with E-state index in [1.807, 2.05) is 0 Å². The smallest absolute Gasteiger partial charge is 0.208 e. The minimum absolute atomic E-state index is 0.127. The highest BCUT2D eigenvalue weighted by Gasteiger charge is 2.22. The quantitative estimate of drug-likeness (QED) is 0.396. The van der Waals surface area contributed by atoms with Gasteiger partial charge < -0.3 is 5.32 Å². The van der Waals surface area contributed by atoms with Crippen LogP contribution >= 0.6 is 22.5 Å². The Morgan fingerprint density at radius 2 is 1.80 bits per heavy atom. The molecule has 0 spiro atoms. The zero-order valence-corrected chi connectivity index (χ0v) is 11.3. The lowest BCUT2D eigenvalue weighted by molar-refractivity contribution is 0.341. The molecule has 7 heteroatoms. The molecule has 0 aliphatic heterocycles. The fraction of sp³-hybridized carbons (Fsp3) is 1.00. The van der Waals surface area contributed by atoms with Crippen LogP contribution in [0, 0.1) is 0 Å². The van der Waals surface area contributed by atoms with Crippen molar-refractivity contribution in [1.82, 2.24) is 10.0 Å². The van der Waals surface area contributed by atoms with E-state index in [1.54, 1.807) is 0 Å². The van der Waals surface area contributed by atoms with E-state index in [-0.39, 0.29) is 6.04 Å². The molecular formula is C8H18N2O2S3. The summed E-state index contributed by atoms with van der Waals surface area (Å²) in [5, 5.41) is 3.36. The minimum Gasteiger partial charge on any atom is -0.304 e. The number of hydrogen-bond donors (Lipinski definition) is 3. The summed E-state index contributed by atoms with van der Waals surface area (Å²) in [6.07, 6.45) is 5.11. The van der Waals surface area contributed by atoms with Crippen molar-refractivity contribution in [2.75, 3.05) is 12.1 Å². The molecule has 0 heterocycles. The van der Waals surface area contributed by atoms with Crippen molar-refractivity contribution < 1.29 is 8.42 Å². The van der Waals surface area contributed by atoms with Gasteiger partial charge >= 0.3 is 0 Å². The Morgan fingerprint density at radius 3 is 2.27 bits per heavy atom. The molecule has 1 rings (SSSR count). The molecule has 0 amide bonds. The highest BCUT2D eigenvalue weighted by atomic mass is 33.1. The minimum atomic E-state index is -3.04. The monoisotopic (exact) mass is 270 g/mol. The first-order valence-corrected chi connectivity index (χ1v) is 8.91. The predicted octanol–water partition coefficient (Wildman–Crippen LogP) is 0.972. The maximum absolute atomic E-state index is 11.0. The van der Waals surface area contributed by atoms with E-state index < -0.39 is 10.0 Å². The SMILES string of the molecule is CS(=O)(=O)NC1CCC(NCSS)CC1. The van der Waals surface area contributed by atoms with E-state index in [0.717, 1.165) is 31.6 Å². The van der Waals surface area contributed by atoms with Crippen LogP contribution in [0.1, 0.15) is 25.7 Å². The Labute approximate surface area is 101 Å². The van der Waals surface area contributed by atoms with Crippen LogP contribution in [-0.4, -0.2) is 32.6 Å². The molecule has 1 aliphatic rings. The van der Waals surface area contributed by atoms with Crippen molar-refractivity contribution in [2.45, 2.75) is 37.8 Å². The fourth-order valence-corrected chi connectivity index (χ4v) is 3.25. The second-order valence-corrected chi connectivity index (χ2v) is 7.02. The van der Waals surface area contributed by atoms with Crippen LogP contribution in [0.25, 0.3) is 0 Å². The van der Waals surface area contributed by atoms with Gasteiger partial charge in [-0.25, -0.2) is 13.1 Å². The van der Waals surface area contributed by atoms with Crippen LogP contribution in [-0.2, 0) is 10.0 Å². The molecule has 0 aromatic heterocycles. The summed E-state index contributed by atoms with van der Waals surface area (Å²) in [7, 11) is -1.57. The van der Waals surface area contributed by atoms with Crippen molar-refractivity contribution in [3.63, 3.8) is 0 Å². The Morgan fingerprint density at radius 1 is 1.27 bits per heavy atom. The van der Waals surface area contributed by atoms with Gasteiger partial charge in [0.25, 0.3) is 0 Å². The summed E-state index contributed by atoms with van der Waals surface area (Å²) >= 11 is 4.06. The van der Waals surface area contributed by atoms with E-state index in [1.165, 1.54) is 17.0 Å². The Balaban J connectivity index is 2.24. The Kier molecular flexibility index (Phi) is 5.76. The third-order valence-corrected chi connectivity index (χ3v) is 3.99. The second kappa shape index (κ2) is 6.34. The van der Waals surface area contributed by atoms with Crippen LogP contribution in [0.4, 0.5) is 0 Å². The fourth-order valence-electron chi connectivity index (χ4n) is 1.87. The second-order valence-electron chi connectivity index (χ2n) is 3.92. The van der Waals surface area contributed by atoms with Gasteiger partial charge in [0.15, 0.2) is 0 Å². The average Bonchev–Trinajstić information content (AvgIpc) is 2.14. The van der Waals surface area contributed by atoms with E-state index in [9.17, 15) is 8.42 Å². The topological polar surface area (TPSA) is 58.2 Å². The van der Waals surface area contributed by atoms with Gasteiger partial charge in [-0.3, -0.25) is 0 Å². The van der Waals surface area contributed by atoms with E-state index in [4.69, 9.17) is 0 Å². The lowest BCUT2D eigenvalue weighted by Gasteiger charge is -2.28. The maximum atomic E-state index is 11.0. The molecule has 0 aromatic rings. The van der Waals surface area contributed by atoms with Gasteiger partial charge in [0.05, 0.1) is 12.1 Å². The normalized spacial score (nSPS) is 27.9. The Bertz CT molecular complexity index is 274. The lowest BCUT2D eigenvalue weighted by Crippen LogP contribution is -2.41. The van der Waals surface area contributed by atoms with Crippen molar-refractivity contribution in [1.29, 1.82) is 0 Å². The summed E-state index contributed by atoms with van der Waals surface area (Å²) in [5.74, 6) is 0.845. The standard InChI is InChI=1S/C8H18N2O2S3/c1-15(11,12)10-8-4-2-7(3-5-8)9-6-14-13/h7-10,13H,2-6H2,1H3. The van der Waals surface area contributed by atoms with Gasteiger partial charge in [0.1, 0.15) is 0 Å².